The van der Waals surface area contributed by atoms with Crippen LogP contribution in [0.4, 0.5) is 0 Å². The van der Waals surface area contributed by atoms with Gasteiger partial charge in [-0.3, -0.25) is 4.79 Å². The highest BCUT2D eigenvalue weighted by Gasteiger charge is 2.42. The van der Waals surface area contributed by atoms with Gasteiger partial charge in [0, 0.05) is 12.0 Å². The molecule has 1 aromatic rings. The fraction of sp³-hybridized carbons (Fsp3) is 0.526. The smallest absolute Gasteiger partial charge is 0.318 e. The fourth-order valence-corrected chi connectivity index (χ4v) is 3.04. The second-order valence-corrected chi connectivity index (χ2v) is 5.73. The Hall–Kier alpha value is -1.97. The number of carbonyl (C=O) groups is 1. The van der Waals surface area contributed by atoms with Gasteiger partial charge in [0.25, 0.3) is 0 Å². The Morgan fingerprint density at radius 1 is 1.17 bits per heavy atom. The number of cyclic esters (lactones) is 1. The third kappa shape index (κ3) is 3.69. The van der Waals surface area contributed by atoms with Crippen molar-refractivity contribution < 1.29 is 19.0 Å². The normalized spacial score (nSPS) is 22.7. The molecular weight excluding hydrogens is 292 g/mol. The minimum absolute atomic E-state index is 0.192. The highest BCUT2D eigenvalue weighted by molar-refractivity contribution is 5.86. The lowest BCUT2D eigenvalue weighted by atomic mass is 9.87. The number of esters is 1. The van der Waals surface area contributed by atoms with Crippen LogP contribution in [0.5, 0.6) is 5.75 Å². The van der Waals surface area contributed by atoms with Crippen LogP contribution in [0.1, 0.15) is 51.0 Å². The Morgan fingerprint density at radius 3 is 2.39 bits per heavy atom. The molecule has 2 unspecified atom stereocenters. The maximum Gasteiger partial charge on any atom is 0.318 e. The van der Waals surface area contributed by atoms with Gasteiger partial charge in [-0.15, -0.1) is 0 Å². The van der Waals surface area contributed by atoms with E-state index in [2.05, 4.69) is 6.92 Å². The van der Waals surface area contributed by atoms with Crippen molar-refractivity contribution in [2.75, 3.05) is 14.2 Å². The van der Waals surface area contributed by atoms with E-state index in [1.165, 1.54) is 0 Å². The molecule has 2 atom stereocenters. The van der Waals surface area contributed by atoms with Gasteiger partial charge in [0.1, 0.15) is 17.8 Å². The quantitative estimate of drug-likeness (QED) is 0.558. The number of allylic oxidation sites excluding steroid dienone is 1. The van der Waals surface area contributed by atoms with Gasteiger partial charge >= 0.3 is 5.97 Å². The van der Waals surface area contributed by atoms with Gasteiger partial charge in [0.2, 0.25) is 0 Å². The Balaban J connectivity index is 2.43. The summed E-state index contributed by atoms with van der Waals surface area (Å²) in [7, 11) is 3.31. The average molecular weight is 318 g/mol. The molecule has 1 aromatic carbocycles. The summed E-state index contributed by atoms with van der Waals surface area (Å²) in [5.74, 6) is 1.10. The van der Waals surface area contributed by atoms with E-state index in [4.69, 9.17) is 14.2 Å². The molecule has 4 heteroatoms. The molecule has 4 nitrogen and oxygen atoms in total. The molecule has 1 heterocycles. The van der Waals surface area contributed by atoms with Crippen molar-refractivity contribution in [2.45, 2.75) is 51.6 Å². The summed E-state index contributed by atoms with van der Waals surface area (Å²) in [6.07, 6.45) is 3.52. The Bertz CT molecular complexity index is 559. The standard InChI is InChI=1S/C19H26O4/c1-5-7-8-16(22-4)18-15(6-2)23-19(20)17(18)13-9-11-14(21-3)12-10-13/h9-12,15,17H,5-8H2,1-4H3/b18-16+. The molecule has 1 aliphatic rings. The largest absolute Gasteiger partial charge is 0.501 e. The summed E-state index contributed by atoms with van der Waals surface area (Å²) in [6.45, 7) is 4.17. The average Bonchev–Trinajstić information content (AvgIpc) is 2.92. The molecule has 1 saturated heterocycles. The van der Waals surface area contributed by atoms with Crippen molar-refractivity contribution in [1.29, 1.82) is 0 Å². The van der Waals surface area contributed by atoms with E-state index < -0.39 is 0 Å². The number of hydrogen-bond donors (Lipinski definition) is 0. The van der Waals surface area contributed by atoms with Crippen molar-refractivity contribution in [2.24, 2.45) is 0 Å². The zero-order valence-electron chi connectivity index (χ0n) is 14.4. The fourth-order valence-electron chi connectivity index (χ4n) is 3.04. The lowest BCUT2D eigenvalue weighted by molar-refractivity contribution is -0.142. The van der Waals surface area contributed by atoms with Crippen LogP contribution in [0.2, 0.25) is 0 Å². The molecule has 2 rings (SSSR count). The van der Waals surface area contributed by atoms with Gasteiger partial charge in [0.05, 0.1) is 20.0 Å². The molecule has 0 amide bonds. The molecule has 0 N–H and O–H groups in total. The highest BCUT2D eigenvalue weighted by Crippen LogP contribution is 2.40. The number of rotatable bonds is 7. The maximum atomic E-state index is 12.5. The van der Waals surface area contributed by atoms with Gasteiger partial charge in [-0.1, -0.05) is 32.4 Å². The lowest BCUT2D eigenvalue weighted by Gasteiger charge is -2.17. The molecule has 1 aliphatic heterocycles. The first kappa shape index (κ1) is 17.4. The van der Waals surface area contributed by atoms with E-state index in [-0.39, 0.29) is 18.0 Å². The topological polar surface area (TPSA) is 44.8 Å². The second-order valence-electron chi connectivity index (χ2n) is 5.73. The second kappa shape index (κ2) is 8.04. The van der Waals surface area contributed by atoms with Crippen LogP contribution in [0.25, 0.3) is 0 Å². The minimum Gasteiger partial charge on any atom is -0.501 e. The monoisotopic (exact) mass is 318 g/mol. The van der Waals surface area contributed by atoms with Crippen LogP contribution in [0.15, 0.2) is 35.6 Å². The highest BCUT2D eigenvalue weighted by atomic mass is 16.6. The molecule has 0 radical (unpaired) electrons. The number of carbonyl (C=O) groups excluding carboxylic acids is 1. The van der Waals surface area contributed by atoms with E-state index in [1.54, 1.807) is 14.2 Å². The van der Waals surface area contributed by atoms with Crippen molar-refractivity contribution in [1.82, 2.24) is 0 Å². The van der Waals surface area contributed by atoms with Gasteiger partial charge in [-0.25, -0.2) is 0 Å². The molecule has 1 fully saturated rings. The SMILES string of the molecule is CCCC/C(OC)=C1/C(CC)OC(=O)C1c1ccc(OC)cc1. The zero-order chi connectivity index (χ0) is 16.8. The van der Waals surface area contributed by atoms with Crippen LogP contribution in [-0.4, -0.2) is 26.3 Å². The van der Waals surface area contributed by atoms with E-state index in [9.17, 15) is 4.79 Å². The number of methoxy groups -OCH3 is 2. The number of hydrogen-bond acceptors (Lipinski definition) is 4. The zero-order valence-corrected chi connectivity index (χ0v) is 14.4. The minimum atomic E-state index is -0.377. The van der Waals surface area contributed by atoms with Crippen molar-refractivity contribution in [3.63, 3.8) is 0 Å². The van der Waals surface area contributed by atoms with E-state index >= 15 is 0 Å². The molecule has 0 aliphatic carbocycles. The van der Waals surface area contributed by atoms with E-state index in [0.717, 1.165) is 48.3 Å². The van der Waals surface area contributed by atoms with Gasteiger partial charge < -0.3 is 14.2 Å². The van der Waals surface area contributed by atoms with Crippen molar-refractivity contribution in [3.8, 4) is 5.75 Å². The van der Waals surface area contributed by atoms with E-state index in [1.807, 2.05) is 31.2 Å². The van der Waals surface area contributed by atoms with Crippen LogP contribution in [0.3, 0.4) is 0 Å². The Kier molecular flexibility index (Phi) is 6.08. The number of ether oxygens (including phenoxy) is 3. The summed E-state index contributed by atoms with van der Waals surface area (Å²) in [5, 5.41) is 0. The molecule has 0 saturated carbocycles. The van der Waals surface area contributed by atoms with Crippen molar-refractivity contribution in [3.05, 3.63) is 41.2 Å². The third-order valence-electron chi connectivity index (χ3n) is 4.30. The Labute approximate surface area is 138 Å². The van der Waals surface area contributed by atoms with Gasteiger partial charge in [-0.05, 0) is 30.5 Å². The summed E-state index contributed by atoms with van der Waals surface area (Å²) in [6, 6.07) is 7.60. The van der Waals surface area contributed by atoms with Gasteiger partial charge in [-0.2, -0.15) is 0 Å². The Morgan fingerprint density at radius 2 is 1.87 bits per heavy atom. The summed E-state index contributed by atoms with van der Waals surface area (Å²) in [5.41, 5.74) is 1.91. The summed E-state index contributed by atoms with van der Waals surface area (Å²) >= 11 is 0. The molecule has 126 valence electrons. The molecular formula is C19H26O4. The number of unbranched alkanes of at least 4 members (excludes halogenated alkanes) is 1. The van der Waals surface area contributed by atoms with Crippen LogP contribution < -0.4 is 4.74 Å². The number of benzene rings is 1. The van der Waals surface area contributed by atoms with Crippen LogP contribution in [-0.2, 0) is 14.3 Å². The molecule has 0 bridgehead atoms. The molecule has 0 aromatic heterocycles. The summed E-state index contributed by atoms with van der Waals surface area (Å²) in [4.78, 5) is 12.5. The van der Waals surface area contributed by atoms with Crippen LogP contribution >= 0.6 is 0 Å². The molecule has 0 spiro atoms. The maximum absolute atomic E-state index is 12.5. The first-order chi connectivity index (χ1) is 11.2. The van der Waals surface area contributed by atoms with E-state index in [0.29, 0.717) is 0 Å². The third-order valence-corrected chi connectivity index (χ3v) is 4.30. The predicted octanol–water partition coefficient (Wildman–Crippen LogP) is 4.20. The lowest BCUT2D eigenvalue weighted by Crippen LogP contribution is -2.12. The molecule has 23 heavy (non-hydrogen) atoms. The van der Waals surface area contributed by atoms with Gasteiger partial charge in [0.15, 0.2) is 0 Å². The first-order valence-electron chi connectivity index (χ1n) is 8.27. The van der Waals surface area contributed by atoms with Crippen LogP contribution in [0, 0.1) is 0 Å². The van der Waals surface area contributed by atoms with Crippen molar-refractivity contribution >= 4 is 5.97 Å². The predicted molar refractivity (Wildman–Crippen MR) is 89.5 cm³/mol. The first-order valence-corrected chi connectivity index (χ1v) is 8.27. The summed E-state index contributed by atoms with van der Waals surface area (Å²) < 4.78 is 16.4.